The predicted octanol–water partition coefficient (Wildman–Crippen LogP) is -4.95. The molecule has 0 spiro atoms. The summed E-state index contributed by atoms with van der Waals surface area (Å²) < 4.78 is 0. The third-order valence-electron chi connectivity index (χ3n) is 0. The maximum atomic E-state index is 0. The zero-order valence-corrected chi connectivity index (χ0v) is 35.4. The smallest absolute Gasteiger partial charge is 0 e. The van der Waals surface area contributed by atoms with Crippen LogP contribution in [0.2, 0.25) is 0 Å². The topological polar surface area (TPSA) is 0 Å². The summed E-state index contributed by atoms with van der Waals surface area (Å²) in [6, 6.07) is 0. The molecule has 0 unspecified atom stereocenters. The van der Waals surface area contributed by atoms with Crippen LogP contribution in [0.4, 0.5) is 0 Å². The van der Waals surface area contributed by atoms with Crippen molar-refractivity contribution in [3.63, 3.8) is 0 Å². The van der Waals surface area contributed by atoms with Gasteiger partial charge in [-0.25, -0.2) is 0 Å². The standard InChI is InChI=1S/9Ge.4Na. The first-order valence-corrected chi connectivity index (χ1v) is 0. The number of hydrogen-bond donors (Lipinski definition) is 0. The molecule has 0 aromatic heterocycles. The van der Waals surface area contributed by atoms with Gasteiger partial charge in [0.15, 0.2) is 0 Å². The molecule has 0 saturated heterocycles. The van der Waals surface area contributed by atoms with Crippen LogP contribution in [0.3, 0.4) is 0 Å². The van der Waals surface area contributed by atoms with Crippen molar-refractivity contribution in [2.24, 2.45) is 0 Å². The van der Waals surface area contributed by atoms with Gasteiger partial charge in [-0.2, -0.15) is 0 Å². The molecule has 0 aromatic carbocycles. The zero-order chi connectivity index (χ0) is 0. The fourth-order valence-corrected chi connectivity index (χ4v) is 0. The molecular weight excluding hydrogens is 745 g/mol. The summed E-state index contributed by atoms with van der Waals surface area (Å²) >= 11 is 0. The van der Waals surface area contributed by atoms with Crippen molar-refractivity contribution in [3.8, 4) is 0 Å². The molecule has 40 radical (unpaired) electrons. The first kappa shape index (κ1) is 121. The quantitative estimate of drug-likeness (QED) is 0.219. The van der Waals surface area contributed by atoms with Crippen LogP contribution in [0.25, 0.3) is 0 Å². The van der Waals surface area contributed by atoms with E-state index in [1.807, 2.05) is 0 Å². The minimum atomic E-state index is 0. The molecule has 0 rings (SSSR count). The third kappa shape index (κ3) is 94.3. The third-order valence-corrected chi connectivity index (χ3v) is 0. The second kappa shape index (κ2) is 105. The first-order valence-electron chi connectivity index (χ1n) is 0. The molecule has 0 heterocycles. The summed E-state index contributed by atoms with van der Waals surface area (Å²) in [4.78, 5) is 0. The molecule has 40 valence electrons. The summed E-state index contributed by atoms with van der Waals surface area (Å²) in [7, 11) is 0. The Hall–Kier alpha value is 8.89. The molecule has 0 bridgehead atoms. The van der Waals surface area contributed by atoms with E-state index in [0.29, 0.717) is 0 Å². The zero-order valence-electron chi connectivity index (χ0n) is 8.50. The molecule has 0 fully saturated rings. The maximum absolute atomic E-state index is 0. The molecule has 13 heteroatoms. The summed E-state index contributed by atoms with van der Waals surface area (Å²) in [5, 5.41) is 0. The van der Waals surface area contributed by atoms with E-state index in [0.717, 1.165) is 0 Å². The monoisotopic (exact) mass is 757 g/mol. The van der Waals surface area contributed by atoms with Gasteiger partial charge in [-0.15, -0.1) is 0 Å². The van der Waals surface area contributed by atoms with Crippen molar-refractivity contribution in [1.82, 2.24) is 0 Å². The predicted molar refractivity (Wildman–Crippen MR) is 74.8 cm³/mol. The molecule has 0 amide bonds. The van der Waals surface area contributed by atoms with E-state index in [4.69, 9.17) is 0 Å². The van der Waals surface area contributed by atoms with Crippen LogP contribution < -0.4 is 0 Å². The van der Waals surface area contributed by atoms with Gasteiger partial charge in [0.05, 0.1) is 0 Å². The van der Waals surface area contributed by atoms with Crippen LogP contribution in [0.15, 0.2) is 0 Å². The molecule has 0 aliphatic rings. The van der Waals surface area contributed by atoms with Gasteiger partial charge in [-0.3, -0.25) is 0 Å². The van der Waals surface area contributed by atoms with Gasteiger partial charge in [0, 0.05) is 277 Å². The molecule has 0 aliphatic carbocycles. The van der Waals surface area contributed by atoms with Crippen LogP contribution in [0.1, 0.15) is 0 Å². The SMILES string of the molecule is [Ge].[Ge].[Ge].[Ge].[Ge].[Ge].[Ge].[Ge].[Ge].[Na].[Na].[Na].[Na]. The average molecular weight is 745 g/mol. The van der Waals surface area contributed by atoms with Gasteiger partial charge in [0.25, 0.3) is 0 Å². The van der Waals surface area contributed by atoms with Crippen molar-refractivity contribution in [1.29, 1.82) is 0 Å². The van der Waals surface area contributed by atoms with Gasteiger partial charge in [-0.1, -0.05) is 0 Å². The second-order valence-corrected chi connectivity index (χ2v) is 0. The van der Waals surface area contributed by atoms with E-state index in [2.05, 4.69) is 0 Å². The molecule has 0 saturated carbocycles. The van der Waals surface area contributed by atoms with Gasteiger partial charge >= 0.3 is 0 Å². The molecule has 0 N–H and O–H groups in total. The number of hydrogen-bond acceptors (Lipinski definition) is 0. The van der Waals surface area contributed by atoms with Crippen LogP contribution in [0.5, 0.6) is 0 Å². The van der Waals surface area contributed by atoms with Crippen LogP contribution >= 0.6 is 0 Å². The van der Waals surface area contributed by atoms with Crippen molar-refractivity contribution >= 4 is 277 Å². The summed E-state index contributed by atoms with van der Waals surface area (Å²) in [5.41, 5.74) is 0. The fraction of sp³-hybridized carbons (Fsp3) is 0. The molecule has 0 atom stereocenters. The van der Waals surface area contributed by atoms with Crippen molar-refractivity contribution in [3.05, 3.63) is 0 Å². The van der Waals surface area contributed by atoms with E-state index in [-0.39, 0.29) is 277 Å². The number of rotatable bonds is 0. The largest absolute Gasteiger partial charge is 0 e. The Morgan fingerprint density at radius 2 is 0.154 bits per heavy atom. The minimum Gasteiger partial charge on any atom is 0 e. The van der Waals surface area contributed by atoms with Gasteiger partial charge in [0.1, 0.15) is 0 Å². The molecule has 0 aliphatic heterocycles. The van der Waals surface area contributed by atoms with E-state index in [9.17, 15) is 0 Å². The Morgan fingerprint density at radius 3 is 0.154 bits per heavy atom. The Balaban J connectivity index is 0. The van der Waals surface area contributed by atoms with Crippen molar-refractivity contribution < 1.29 is 0 Å². The van der Waals surface area contributed by atoms with E-state index >= 15 is 0 Å². The van der Waals surface area contributed by atoms with E-state index in [1.165, 1.54) is 0 Å². The molecule has 0 nitrogen and oxygen atoms in total. The van der Waals surface area contributed by atoms with Crippen LogP contribution in [-0.4, -0.2) is 277 Å². The maximum Gasteiger partial charge on any atom is 0 e. The van der Waals surface area contributed by atoms with Crippen LogP contribution in [0, 0.1) is 0 Å². The van der Waals surface area contributed by atoms with E-state index in [1.54, 1.807) is 0 Å². The normalized spacial score (nSPS) is 0. The van der Waals surface area contributed by atoms with Gasteiger partial charge in [-0.05, 0) is 0 Å². The Bertz CT molecular complexity index is 11.6. The van der Waals surface area contributed by atoms with Crippen LogP contribution in [-0.2, 0) is 0 Å². The molecular formula is Ge9Na4. The molecule has 0 aromatic rings. The second-order valence-electron chi connectivity index (χ2n) is 0. The summed E-state index contributed by atoms with van der Waals surface area (Å²) in [5.74, 6) is 0. The average Bonchev–Trinajstić information content (AvgIpc) is 0. The Kier molecular flexibility index (Phi) is 973. The van der Waals surface area contributed by atoms with Crippen molar-refractivity contribution in [2.75, 3.05) is 0 Å². The van der Waals surface area contributed by atoms with Crippen molar-refractivity contribution in [2.45, 2.75) is 0 Å². The van der Waals surface area contributed by atoms with Gasteiger partial charge < -0.3 is 0 Å². The Morgan fingerprint density at radius 1 is 0.154 bits per heavy atom. The van der Waals surface area contributed by atoms with E-state index < -0.39 is 0 Å². The van der Waals surface area contributed by atoms with Gasteiger partial charge in [0.2, 0.25) is 0 Å². The Labute approximate surface area is 269 Å². The summed E-state index contributed by atoms with van der Waals surface area (Å²) in [6.45, 7) is 0. The molecule has 13 heavy (non-hydrogen) atoms. The minimum absolute atomic E-state index is 0. The first-order chi connectivity index (χ1) is 0. The summed E-state index contributed by atoms with van der Waals surface area (Å²) in [6.07, 6.45) is 0. The fourth-order valence-electron chi connectivity index (χ4n) is 0.